The summed E-state index contributed by atoms with van der Waals surface area (Å²) in [5.74, 6) is 0.991. The molecule has 0 saturated carbocycles. The first-order valence-electron chi connectivity index (χ1n) is 13.5. The number of unbranched alkanes of at least 4 members (excludes halogenated alkanes) is 6. The lowest BCUT2D eigenvalue weighted by Gasteiger charge is -2.14. The van der Waals surface area contributed by atoms with Crippen molar-refractivity contribution in [2.75, 3.05) is 6.61 Å². The molecule has 0 aliphatic rings. The minimum absolute atomic E-state index is 0.351. The van der Waals surface area contributed by atoms with E-state index in [4.69, 9.17) is 9.47 Å². The summed E-state index contributed by atoms with van der Waals surface area (Å²) in [5.41, 5.74) is 4.31. The van der Waals surface area contributed by atoms with Crippen molar-refractivity contribution in [1.29, 1.82) is 0 Å². The highest BCUT2D eigenvalue weighted by Crippen LogP contribution is 2.24. The smallest absolute Gasteiger partial charge is 0.347 e. The Kier molecular flexibility index (Phi) is 11.4. The maximum Gasteiger partial charge on any atom is 0.347 e. The summed E-state index contributed by atoms with van der Waals surface area (Å²) < 4.78 is 10.8. The Morgan fingerprint density at radius 2 is 1.36 bits per heavy atom. The van der Waals surface area contributed by atoms with Crippen LogP contribution in [0.15, 0.2) is 60.9 Å². The first kappa shape index (κ1) is 27.4. The maximum absolute atomic E-state index is 11.9. The minimum atomic E-state index is -0.646. The second kappa shape index (κ2) is 15.0. The van der Waals surface area contributed by atoms with E-state index in [1.807, 2.05) is 43.6 Å². The number of benzene rings is 2. The summed E-state index contributed by atoms with van der Waals surface area (Å²) in [5, 5.41) is 0. The van der Waals surface area contributed by atoms with Gasteiger partial charge in [0.1, 0.15) is 5.75 Å². The second-order valence-electron chi connectivity index (χ2n) is 9.32. The topological polar surface area (TPSA) is 61.3 Å². The normalized spacial score (nSPS) is 11.8. The van der Waals surface area contributed by atoms with Gasteiger partial charge in [0.15, 0.2) is 11.9 Å². The summed E-state index contributed by atoms with van der Waals surface area (Å²) in [4.78, 5) is 21.1. The van der Waals surface area contributed by atoms with Gasteiger partial charge in [-0.05, 0) is 49.4 Å². The van der Waals surface area contributed by atoms with Gasteiger partial charge in [0.2, 0.25) is 0 Å². The molecule has 5 nitrogen and oxygen atoms in total. The molecular weight excluding hydrogens is 448 g/mol. The Labute approximate surface area is 216 Å². The number of aryl methyl sites for hydroxylation is 1. The Morgan fingerprint density at radius 1 is 0.750 bits per heavy atom. The zero-order valence-electron chi connectivity index (χ0n) is 22.0. The highest BCUT2D eigenvalue weighted by Gasteiger charge is 2.16. The molecule has 0 aliphatic heterocycles. The van der Waals surface area contributed by atoms with E-state index in [1.54, 1.807) is 6.92 Å². The summed E-state index contributed by atoms with van der Waals surface area (Å²) in [6, 6.07) is 16.2. The maximum atomic E-state index is 11.9. The lowest BCUT2D eigenvalue weighted by atomic mass is 10.0. The molecule has 0 amide bonds. The van der Waals surface area contributed by atoms with Gasteiger partial charge in [-0.1, -0.05) is 88.8 Å². The largest absolute Gasteiger partial charge is 0.479 e. The molecule has 5 heteroatoms. The van der Waals surface area contributed by atoms with E-state index < -0.39 is 6.10 Å². The van der Waals surface area contributed by atoms with Crippen LogP contribution in [0.3, 0.4) is 0 Å². The molecule has 0 aliphatic carbocycles. The molecule has 0 N–H and O–H groups in total. The van der Waals surface area contributed by atoms with Crippen LogP contribution in [0.2, 0.25) is 0 Å². The summed E-state index contributed by atoms with van der Waals surface area (Å²) in [7, 11) is 0. The van der Waals surface area contributed by atoms with Crippen molar-refractivity contribution in [3.05, 3.63) is 66.5 Å². The van der Waals surface area contributed by atoms with Crippen LogP contribution in [-0.2, 0) is 16.0 Å². The highest BCUT2D eigenvalue weighted by atomic mass is 16.6. The average molecular weight is 489 g/mol. The molecule has 0 bridgehead atoms. The highest BCUT2D eigenvalue weighted by molar-refractivity contribution is 5.74. The lowest BCUT2D eigenvalue weighted by molar-refractivity contribution is -0.151. The van der Waals surface area contributed by atoms with Crippen molar-refractivity contribution in [2.45, 2.75) is 84.7 Å². The molecule has 2 aromatic carbocycles. The van der Waals surface area contributed by atoms with Crippen molar-refractivity contribution in [3.8, 4) is 28.3 Å². The Bertz CT molecular complexity index is 1030. The molecule has 192 valence electrons. The van der Waals surface area contributed by atoms with E-state index >= 15 is 0 Å². The molecule has 1 unspecified atom stereocenters. The molecule has 36 heavy (non-hydrogen) atoms. The number of hydrogen-bond acceptors (Lipinski definition) is 5. The summed E-state index contributed by atoms with van der Waals surface area (Å²) in [6.07, 6.45) is 14.3. The molecule has 0 spiro atoms. The molecule has 0 saturated heterocycles. The van der Waals surface area contributed by atoms with Crippen LogP contribution in [-0.4, -0.2) is 28.6 Å². The number of esters is 1. The van der Waals surface area contributed by atoms with Crippen LogP contribution in [0.25, 0.3) is 22.5 Å². The number of ether oxygens (including phenoxy) is 2. The number of hydrogen-bond donors (Lipinski definition) is 0. The second-order valence-corrected chi connectivity index (χ2v) is 9.32. The van der Waals surface area contributed by atoms with Crippen molar-refractivity contribution < 1.29 is 14.3 Å². The molecule has 0 fully saturated rings. The third-order valence-electron chi connectivity index (χ3n) is 6.21. The summed E-state index contributed by atoms with van der Waals surface area (Å²) in [6.45, 7) is 6.32. The third-order valence-corrected chi connectivity index (χ3v) is 6.21. The van der Waals surface area contributed by atoms with Gasteiger partial charge < -0.3 is 9.47 Å². The van der Waals surface area contributed by atoms with Crippen LogP contribution in [0, 0.1) is 0 Å². The van der Waals surface area contributed by atoms with Gasteiger partial charge in [0.05, 0.1) is 6.61 Å². The number of carbonyl (C=O) groups is 1. The van der Waals surface area contributed by atoms with Gasteiger partial charge in [-0.2, -0.15) is 0 Å². The van der Waals surface area contributed by atoms with Crippen LogP contribution in [0.4, 0.5) is 0 Å². The molecule has 1 heterocycles. The van der Waals surface area contributed by atoms with Gasteiger partial charge in [0, 0.05) is 23.5 Å². The summed E-state index contributed by atoms with van der Waals surface area (Å²) >= 11 is 0. The molecular formula is C31H40N2O3. The van der Waals surface area contributed by atoms with Gasteiger partial charge in [-0.3, -0.25) is 0 Å². The Balaban J connectivity index is 1.50. The Hall–Kier alpha value is -3.21. The number of aromatic nitrogens is 2. The van der Waals surface area contributed by atoms with Gasteiger partial charge in [0.25, 0.3) is 0 Å². The van der Waals surface area contributed by atoms with Crippen LogP contribution >= 0.6 is 0 Å². The van der Waals surface area contributed by atoms with E-state index in [-0.39, 0.29) is 5.97 Å². The van der Waals surface area contributed by atoms with Gasteiger partial charge >= 0.3 is 5.97 Å². The lowest BCUT2D eigenvalue weighted by Crippen LogP contribution is -2.26. The standard InChI is InChI=1S/C31H40N2O3/c1-4-6-7-8-9-10-11-12-25-13-15-27(16-14-25)30-32-22-28(23-33-30)26-17-19-29(20-18-26)36-24(3)31(34)35-21-5-2/h13-20,22-24H,4-12,21H2,1-3H3. The molecule has 1 aromatic heterocycles. The quantitative estimate of drug-likeness (QED) is 0.161. The van der Waals surface area contributed by atoms with Crippen molar-refractivity contribution >= 4 is 5.97 Å². The van der Waals surface area contributed by atoms with Crippen molar-refractivity contribution in [2.24, 2.45) is 0 Å². The molecule has 3 rings (SSSR count). The van der Waals surface area contributed by atoms with E-state index in [0.29, 0.717) is 12.4 Å². The number of nitrogens with zero attached hydrogens (tertiary/aromatic N) is 2. The fraction of sp³-hybridized carbons (Fsp3) is 0.452. The SMILES string of the molecule is CCCCCCCCCc1ccc(-c2ncc(-c3ccc(OC(C)C(=O)OCCC)cc3)cn2)cc1. The van der Waals surface area contributed by atoms with Gasteiger partial charge in [-0.15, -0.1) is 0 Å². The Morgan fingerprint density at radius 3 is 2.00 bits per heavy atom. The van der Waals surface area contributed by atoms with Crippen molar-refractivity contribution in [3.63, 3.8) is 0 Å². The fourth-order valence-corrected chi connectivity index (χ4v) is 4.03. The number of carbonyl (C=O) groups excluding carboxylic acids is 1. The molecule has 0 radical (unpaired) electrons. The zero-order chi connectivity index (χ0) is 25.6. The van der Waals surface area contributed by atoms with E-state index in [9.17, 15) is 4.79 Å². The monoisotopic (exact) mass is 488 g/mol. The average Bonchev–Trinajstić information content (AvgIpc) is 2.92. The van der Waals surface area contributed by atoms with Crippen LogP contribution in [0.1, 0.15) is 77.7 Å². The predicted octanol–water partition coefficient (Wildman–Crippen LogP) is 7.82. The zero-order valence-corrected chi connectivity index (χ0v) is 22.0. The van der Waals surface area contributed by atoms with Crippen molar-refractivity contribution in [1.82, 2.24) is 9.97 Å². The predicted molar refractivity (Wildman–Crippen MR) is 146 cm³/mol. The van der Waals surface area contributed by atoms with E-state index in [0.717, 1.165) is 35.4 Å². The van der Waals surface area contributed by atoms with Crippen LogP contribution in [0.5, 0.6) is 5.75 Å². The first-order valence-corrected chi connectivity index (χ1v) is 13.5. The van der Waals surface area contributed by atoms with Gasteiger partial charge in [-0.25, -0.2) is 14.8 Å². The molecule has 3 aromatic rings. The number of rotatable bonds is 15. The fourth-order valence-electron chi connectivity index (χ4n) is 4.03. The first-order chi connectivity index (χ1) is 17.6. The minimum Gasteiger partial charge on any atom is -0.479 e. The van der Waals surface area contributed by atoms with E-state index in [1.165, 1.54) is 50.5 Å². The van der Waals surface area contributed by atoms with Crippen LogP contribution < -0.4 is 4.74 Å². The molecule has 1 atom stereocenters. The third kappa shape index (κ3) is 8.78. The van der Waals surface area contributed by atoms with E-state index in [2.05, 4.69) is 41.2 Å².